The van der Waals surface area contributed by atoms with Gasteiger partial charge in [0.25, 0.3) is 0 Å². The number of carboxylic acid groups (broad SMARTS) is 1. The zero-order valence-corrected chi connectivity index (χ0v) is 11.5. The fraction of sp³-hybridized carbons (Fsp3) is 0.375. The number of carboxylic acids is 1. The molecule has 2 rings (SSSR count). The standard InChI is InChI=1S/C16H19NO3/c1-2-11-7-9-12(10-8-11)17-15(18)13-5-3-4-6-14(13)16(19)20/h3-4,7-10,13-14H,2,5-6H2,1H3,(H,17,18)(H,19,20)/p-1/t13-,14+/m1/s1. The molecule has 1 aliphatic carbocycles. The van der Waals surface area contributed by atoms with Crippen molar-refractivity contribution >= 4 is 17.6 Å². The number of aliphatic carboxylic acids is 1. The maximum Gasteiger partial charge on any atom is 0.228 e. The molecule has 0 radical (unpaired) electrons. The number of nitrogens with one attached hydrogen (secondary N) is 1. The minimum atomic E-state index is -1.16. The molecule has 0 unspecified atom stereocenters. The number of benzene rings is 1. The summed E-state index contributed by atoms with van der Waals surface area (Å²) in [6.07, 6.45) is 5.38. The molecule has 4 heteroatoms. The minimum absolute atomic E-state index is 0.257. The summed E-state index contributed by atoms with van der Waals surface area (Å²) in [5.41, 5.74) is 1.88. The Bertz CT molecular complexity index is 519. The van der Waals surface area contributed by atoms with Crippen molar-refractivity contribution in [3.8, 4) is 0 Å². The van der Waals surface area contributed by atoms with E-state index in [-0.39, 0.29) is 5.91 Å². The van der Waals surface area contributed by atoms with Gasteiger partial charge in [0.1, 0.15) is 0 Å². The van der Waals surface area contributed by atoms with Gasteiger partial charge in [-0.15, -0.1) is 0 Å². The average molecular weight is 272 g/mol. The summed E-state index contributed by atoms with van der Waals surface area (Å²) in [5, 5.41) is 13.9. The predicted octanol–water partition coefficient (Wildman–Crippen LogP) is 1.52. The average Bonchev–Trinajstić information content (AvgIpc) is 2.48. The number of anilines is 1. The van der Waals surface area contributed by atoms with Crippen LogP contribution in [0.3, 0.4) is 0 Å². The lowest BCUT2D eigenvalue weighted by molar-refractivity contribution is -0.313. The molecule has 0 saturated heterocycles. The topological polar surface area (TPSA) is 69.2 Å². The second kappa shape index (κ2) is 6.37. The van der Waals surface area contributed by atoms with E-state index in [0.717, 1.165) is 6.42 Å². The van der Waals surface area contributed by atoms with Crippen molar-refractivity contribution in [2.75, 3.05) is 5.32 Å². The molecule has 1 amide bonds. The first-order valence-electron chi connectivity index (χ1n) is 6.87. The third-order valence-corrected chi connectivity index (χ3v) is 3.70. The van der Waals surface area contributed by atoms with Crippen molar-refractivity contribution in [3.05, 3.63) is 42.0 Å². The molecule has 0 aromatic heterocycles. The van der Waals surface area contributed by atoms with E-state index in [9.17, 15) is 14.7 Å². The highest BCUT2D eigenvalue weighted by Gasteiger charge is 2.29. The van der Waals surface area contributed by atoms with Crippen LogP contribution >= 0.6 is 0 Å². The van der Waals surface area contributed by atoms with E-state index < -0.39 is 17.8 Å². The first-order chi connectivity index (χ1) is 9.61. The number of carbonyl (C=O) groups excluding carboxylic acids is 2. The highest BCUT2D eigenvalue weighted by molar-refractivity contribution is 5.95. The highest BCUT2D eigenvalue weighted by Crippen LogP contribution is 2.26. The quantitative estimate of drug-likeness (QED) is 0.845. The van der Waals surface area contributed by atoms with E-state index in [1.807, 2.05) is 30.3 Å². The Morgan fingerprint density at radius 2 is 1.75 bits per heavy atom. The lowest BCUT2D eigenvalue weighted by Gasteiger charge is -2.28. The van der Waals surface area contributed by atoms with Crippen molar-refractivity contribution in [2.45, 2.75) is 26.2 Å². The minimum Gasteiger partial charge on any atom is -0.550 e. The third kappa shape index (κ3) is 3.26. The molecular formula is C16H18NO3-. The number of rotatable bonds is 4. The van der Waals surface area contributed by atoms with Crippen LogP contribution in [0.25, 0.3) is 0 Å². The van der Waals surface area contributed by atoms with Crippen molar-refractivity contribution < 1.29 is 14.7 Å². The molecule has 2 atom stereocenters. The van der Waals surface area contributed by atoms with Gasteiger partial charge in [-0.05, 0) is 37.0 Å². The van der Waals surface area contributed by atoms with Crippen molar-refractivity contribution in [1.29, 1.82) is 0 Å². The molecule has 106 valence electrons. The maximum absolute atomic E-state index is 12.2. The van der Waals surface area contributed by atoms with Crippen LogP contribution in [0.4, 0.5) is 5.69 Å². The molecule has 1 aromatic carbocycles. The van der Waals surface area contributed by atoms with E-state index in [2.05, 4.69) is 12.2 Å². The van der Waals surface area contributed by atoms with Crippen LogP contribution in [0.1, 0.15) is 25.3 Å². The third-order valence-electron chi connectivity index (χ3n) is 3.70. The number of allylic oxidation sites excluding steroid dienone is 2. The smallest absolute Gasteiger partial charge is 0.228 e. The summed E-state index contributed by atoms with van der Waals surface area (Å²) >= 11 is 0. The van der Waals surface area contributed by atoms with Crippen LogP contribution in [0.2, 0.25) is 0 Å². The van der Waals surface area contributed by atoms with E-state index in [0.29, 0.717) is 18.5 Å². The van der Waals surface area contributed by atoms with Gasteiger partial charge in [0.2, 0.25) is 5.91 Å². The number of carbonyl (C=O) groups is 2. The molecule has 0 bridgehead atoms. The van der Waals surface area contributed by atoms with Gasteiger partial charge in [0.15, 0.2) is 0 Å². The Morgan fingerprint density at radius 1 is 1.15 bits per heavy atom. The summed E-state index contributed by atoms with van der Waals surface area (Å²) in [7, 11) is 0. The predicted molar refractivity (Wildman–Crippen MR) is 74.8 cm³/mol. The Balaban J connectivity index is 2.06. The van der Waals surface area contributed by atoms with Crippen LogP contribution < -0.4 is 10.4 Å². The molecule has 0 aliphatic heterocycles. The van der Waals surface area contributed by atoms with Gasteiger partial charge in [0, 0.05) is 17.6 Å². The highest BCUT2D eigenvalue weighted by atomic mass is 16.4. The molecule has 1 N–H and O–H groups in total. The SMILES string of the molecule is CCc1ccc(NC(=O)[C@@H]2CC=CC[C@@H]2C(=O)[O-])cc1. The second-order valence-electron chi connectivity index (χ2n) is 5.01. The summed E-state index contributed by atoms with van der Waals surface area (Å²) in [5.74, 6) is -2.71. The van der Waals surface area contributed by atoms with Gasteiger partial charge in [-0.2, -0.15) is 0 Å². The molecule has 0 spiro atoms. The summed E-state index contributed by atoms with van der Waals surface area (Å²) < 4.78 is 0. The van der Waals surface area contributed by atoms with Gasteiger partial charge in [-0.3, -0.25) is 4.79 Å². The number of aryl methyl sites for hydroxylation is 1. The first kappa shape index (κ1) is 14.3. The normalized spacial score (nSPS) is 21.4. The molecule has 20 heavy (non-hydrogen) atoms. The van der Waals surface area contributed by atoms with Crippen molar-refractivity contribution in [1.82, 2.24) is 0 Å². The Morgan fingerprint density at radius 3 is 2.30 bits per heavy atom. The first-order valence-corrected chi connectivity index (χ1v) is 6.87. The lowest BCUT2D eigenvalue weighted by atomic mass is 9.82. The van der Waals surface area contributed by atoms with Gasteiger partial charge < -0.3 is 15.2 Å². The summed E-state index contributed by atoms with van der Waals surface area (Å²) in [4.78, 5) is 23.3. The monoisotopic (exact) mass is 272 g/mol. The van der Waals surface area contributed by atoms with E-state index >= 15 is 0 Å². The Labute approximate surface area is 118 Å². The largest absolute Gasteiger partial charge is 0.550 e. The molecular weight excluding hydrogens is 254 g/mol. The lowest BCUT2D eigenvalue weighted by Crippen LogP contribution is -2.41. The van der Waals surface area contributed by atoms with Gasteiger partial charge in [0.05, 0.1) is 5.92 Å². The van der Waals surface area contributed by atoms with E-state index in [4.69, 9.17) is 0 Å². The van der Waals surface area contributed by atoms with Gasteiger partial charge in [-0.1, -0.05) is 31.2 Å². The molecule has 1 aromatic rings. The zero-order valence-electron chi connectivity index (χ0n) is 11.5. The maximum atomic E-state index is 12.2. The molecule has 1 aliphatic rings. The zero-order chi connectivity index (χ0) is 14.5. The summed E-state index contributed by atoms with van der Waals surface area (Å²) in [6.45, 7) is 2.06. The van der Waals surface area contributed by atoms with Crippen LogP contribution in [0.15, 0.2) is 36.4 Å². The molecule has 0 heterocycles. The van der Waals surface area contributed by atoms with Gasteiger partial charge >= 0.3 is 0 Å². The Hall–Kier alpha value is -2.10. The van der Waals surface area contributed by atoms with Gasteiger partial charge in [-0.25, -0.2) is 0 Å². The van der Waals surface area contributed by atoms with E-state index in [1.54, 1.807) is 6.08 Å². The number of hydrogen-bond acceptors (Lipinski definition) is 3. The van der Waals surface area contributed by atoms with Crippen LogP contribution in [0.5, 0.6) is 0 Å². The van der Waals surface area contributed by atoms with Crippen molar-refractivity contribution in [3.63, 3.8) is 0 Å². The number of amides is 1. The van der Waals surface area contributed by atoms with E-state index in [1.165, 1.54) is 5.56 Å². The fourth-order valence-corrected chi connectivity index (χ4v) is 2.42. The number of hydrogen-bond donors (Lipinski definition) is 1. The van der Waals surface area contributed by atoms with Crippen molar-refractivity contribution in [2.24, 2.45) is 11.8 Å². The molecule has 4 nitrogen and oxygen atoms in total. The summed E-state index contributed by atoms with van der Waals surface area (Å²) in [6, 6.07) is 7.58. The molecule has 0 saturated carbocycles. The molecule has 0 fully saturated rings. The van der Waals surface area contributed by atoms with Crippen LogP contribution in [0, 0.1) is 11.8 Å². The fourth-order valence-electron chi connectivity index (χ4n) is 2.42. The Kier molecular flexibility index (Phi) is 4.56. The van der Waals surface area contributed by atoms with Crippen LogP contribution in [-0.4, -0.2) is 11.9 Å². The second-order valence-corrected chi connectivity index (χ2v) is 5.01. The van der Waals surface area contributed by atoms with Crippen LogP contribution in [-0.2, 0) is 16.0 Å².